The molecule has 3 aliphatic heterocycles. The third kappa shape index (κ3) is 2.42. The Morgan fingerprint density at radius 3 is 2.41 bits per heavy atom. The first kappa shape index (κ1) is 18.8. The van der Waals surface area contributed by atoms with E-state index in [0.29, 0.717) is 17.9 Å². The van der Waals surface area contributed by atoms with Gasteiger partial charge in [0.2, 0.25) is 0 Å². The van der Waals surface area contributed by atoms with E-state index in [4.69, 9.17) is 18.9 Å². The summed E-state index contributed by atoms with van der Waals surface area (Å²) in [6.07, 6.45) is 8.58. The first-order chi connectivity index (χ1) is 12.7. The largest absolute Gasteiger partial charge is 0.378 e. The third-order valence-electron chi connectivity index (χ3n) is 9.45. The van der Waals surface area contributed by atoms with Crippen molar-refractivity contribution in [1.82, 2.24) is 0 Å². The number of hydrogen-bond acceptors (Lipinski definition) is 4. The van der Waals surface area contributed by atoms with E-state index in [2.05, 4.69) is 34.6 Å². The molecular formula is C23H38O4. The van der Waals surface area contributed by atoms with Crippen molar-refractivity contribution in [3.05, 3.63) is 0 Å². The van der Waals surface area contributed by atoms with Crippen LogP contribution < -0.4 is 0 Å². The first-order valence-corrected chi connectivity index (χ1v) is 11.2. The molecular weight excluding hydrogens is 340 g/mol. The van der Waals surface area contributed by atoms with Crippen molar-refractivity contribution in [2.75, 3.05) is 19.8 Å². The van der Waals surface area contributed by atoms with Crippen LogP contribution in [0.4, 0.5) is 0 Å². The lowest BCUT2D eigenvalue weighted by Gasteiger charge is -2.67. The molecule has 3 heterocycles. The van der Waals surface area contributed by atoms with Gasteiger partial charge in [-0.2, -0.15) is 0 Å². The molecule has 4 nitrogen and oxygen atoms in total. The predicted octanol–water partition coefficient (Wildman–Crippen LogP) is 4.70. The summed E-state index contributed by atoms with van der Waals surface area (Å²) >= 11 is 0. The van der Waals surface area contributed by atoms with E-state index >= 15 is 0 Å². The summed E-state index contributed by atoms with van der Waals surface area (Å²) in [5, 5.41) is 0. The predicted molar refractivity (Wildman–Crippen MR) is 103 cm³/mol. The normalized spacial score (nSPS) is 57.0. The van der Waals surface area contributed by atoms with E-state index in [-0.39, 0.29) is 22.0 Å². The molecule has 0 N–H and O–H groups in total. The fourth-order valence-corrected chi connectivity index (χ4v) is 7.86. The highest BCUT2D eigenvalue weighted by molar-refractivity contribution is 5.18. The van der Waals surface area contributed by atoms with Gasteiger partial charge in [0.1, 0.15) is 0 Å². The standard InChI is InChI=1S/C23H38O4/c1-16-6-7-17-20(4)14-25-19(2,3)26-18(20)8-9-21(17,5)23(16)11-10-22(27-23)12-13-24-15-22/h16-18H,6-15H2,1-5H3/t16?,17?,18?,20?,21-,22?,23+/m0/s1. The summed E-state index contributed by atoms with van der Waals surface area (Å²) in [5.41, 5.74) is 0.250. The van der Waals surface area contributed by atoms with Crippen LogP contribution in [0.1, 0.15) is 79.6 Å². The van der Waals surface area contributed by atoms with Gasteiger partial charge in [0, 0.05) is 23.9 Å². The monoisotopic (exact) mass is 378 g/mol. The Hall–Kier alpha value is -0.160. The molecule has 0 bridgehead atoms. The molecule has 5 unspecified atom stereocenters. The maximum atomic E-state index is 7.18. The lowest BCUT2D eigenvalue weighted by molar-refractivity contribution is -0.358. The number of fused-ring (bicyclic) bond motifs is 4. The minimum absolute atomic E-state index is 0.00936. The molecule has 4 heteroatoms. The van der Waals surface area contributed by atoms with E-state index in [1.165, 1.54) is 32.1 Å². The summed E-state index contributed by atoms with van der Waals surface area (Å²) < 4.78 is 25.6. The van der Waals surface area contributed by atoms with Crippen LogP contribution in [0.3, 0.4) is 0 Å². The zero-order valence-electron chi connectivity index (χ0n) is 17.9. The van der Waals surface area contributed by atoms with Gasteiger partial charge < -0.3 is 18.9 Å². The lowest BCUT2D eigenvalue weighted by Crippen LogP contribution is -2.68. The van der Waals surface area contributed by atoms with Gasteiger partial charge in [0.05, 0.1) is 30.5 Å². The van der Waals surface area contributed by atoms with Gasteiger partial charge in [-0.15, -0.1) is 0 Å². The minimum atomic E-state index is -0.452. The second-order valence-corrected chi connectivity index (χ2v) is 11.3. The molecule has 0 aromatic carbocycles. The molecule has 27 heavy (non-hydrogen) atoms. The topological polar surface area (TPSA) is 36.9 Å². The summed E-state index contributed by atoms with van der Waals surface area (Å²) in [7, 11) is 0. The highest BCUT2D eigenvalue weighted by Crippen LogP contribution is 2.69. The highest BCUT2D eigenvalue weighted by Gasteiger charge is 2.70. The molecule has 0 amide bonds. The fraction of sp³-hybridized carbons (Fsp3) is 1.00. The van der Waals surface area contributed by atoms with Crippen LogP contribution in [0.25, 0.3) is 0 Å². The number of ether oxygens (including phenoxy) is 4. The van der Waals surface area contributed by atoms with Crippen LogP contribution in [0.15, 0.2) is 0 Å². The Kier molecular flexibility index (Phi) is 3.99. The summed E-state index contributed by atoms with van der Waals surface area (Å²) in [5.74, 6) is 0.751. The van der Waals surface area contributed by atoms with Crippen molar-refractivity contribution in [2.24, 2.45) is 22.7 Å². The van der Waals surface area contributed by atoms with Crippen LogP contribution in [-0.2, 0) is 18.9 Å². The molecule has 7 atom stereocenters. The molecule has 0 aromatic heterocycles. The molecule has 5 aliphatic rings. The van der Waals surface area contributed by atoms with Crippen LogP contribution >= 0.6 is 0 Å². The van der Waals surface area contributed by atoms with Gasteiger partial charge >= 0.3 is 0 Å². The van der Waals surface area contributed by atoms with E-state index in [1.807, 2.05) is 0 Å². The summed E-state index contributed by atoms with van der Waals surface area (Å²) in [6.45, 7) is 14.0. The molecule has 2 aliphatic carbocycles. The summed E-state index contributed by atoms with van der Waals surface area (Å²) in [6, 6.07) is 0. The van der Waals surface area contributed by atoms with Gasteiger partial charge in [0.15, 0.2) is 5.79 Å². The second kappa shape index (κ2) is 5.71. The molecule has 0 aromatic rings. The maximum Gasteiger partial charge on any atom is 0.163 e. The van der Waals surface area contributed by atoms with Crippen LogP contribution in [0, 0.1) is 22.7 Å². The smallest absolute Gasteiger partial charge is 0.163 e. The Bertz CT molecular complexity index is 611. The molecule has 2 saturated carbocycles. The number of rotatable bonds is 0. The van der Waals surface area contributed by atoms with Gasteiger partial charge in [-0.1, -0.05) is 20.8 Å². The van der Waals surface area contributed by atoms with Gasteiger partial charge in [-0.05, 0) is 64.2 Å². The van der Waals surface area contributed by atoms with Gasteiger partial charge in [-0.3, -0.25) is 0 Å². The van der Waals surface area contributed by atoms with E-state index in [1.54, 1.807) is 0 Å². The van der Waals surface area contributed by atoms with Crippen LogP contribution in [-0.4, -0.2) is 42.9 Å². The van der Waals surface area contributed by atoms with Crippen molar-refractivity contribution in [1.29, 1.82) is 0 Å². The van der Waals surface area contributed by atoms with Gasteiger partial charge in [0.25, 0.3) is 0 Å². The molecule has 154 valence electrons. The zero-order chi connectivity index (χ0) is 19.1. The van der Waals surface area contributed by atoms with Crippen LogP contribution in [0.2, 0.25) is 0 Å². The first-order valence-electron chi connectivity index (χ1n) is 11.2. The van der Waals surface area contributed by atoms with Crippen molar-refractivity contribution in [3.8, 4) is 0 Å². The summed E-state index contributed by atoms with van der Waals surface area (Å²) in [4.78, 5) is 0. The second-order valence-electron chi connectivity index (χ2n) is 11.3. The molecule has 5 rings (SSSR count). The van der Waals surface area contributed by atoms with E-state index < -0.39 is 5.79 Å². The van der Waals surface area contributed by atoms with E-state index in [9.17, 15) is 0 Å². The Morgan fingerprint density at radius 2 is 1.67 bits per heavy atom. The highest BCUT2D eigenvalue weighted by atomic mass is 16.7. The molecule has 5 fully saturated rings. The average molecular weight is 379 g/mol. The molecule has 2 spiro atoms. The quantitative estimate of drug-likeness (QED) is 0.612. The zero-order valence-corrected chi connectivity index (χ0v) is 17.9. The molecule has 0 radical (unpaired) electrons. The number of hydrogen-bond donors (Lipinski definition) is 0. The Morgan fingerprint density at radius 1 is 0.852 bits per heavy atom. The molecule has 3 saturated heterocycles. The van der Waals surface area contributed by atoms with Gasteiger partial charge in [-0.25, -0.2) is 0 Å². The Labute approximate surface area is 164 Å². The lowest BCUT2D eigenvalue weighted by atomic mass is 9.43. The van der Waals surface area contributed by atoms with Crippen molar-refractivity contribution in [3.63, 3.8) is 0 Å². The van der Waals surface area contributed by atoms with Crippen LogP contribution in [0.5, 0.6) is 0 Å². The maximum absolute atomic E-state index is 7.18. The van der Waals surface area contributed by atoms with Crippen molar-refractivity contribution in [2.45, 2.75) is 103 Å². The SMILES string of the molecule is CC1CCC2C3(C)COC(C)(C)OC3CC[C@]2(C)[C@@]12CCC1(CCOC1)O2. The minimum Gasteiger partial charge on any atom is -0.378 e. The van der Waals surface area contributed by atoms with Crippen molar-refractivity contribution >= 4 is 0 Å². The average Bonchev–Trinajstić information content (AvgIpc) is 3.23. The fourth-order valence-electron chi connectivity index (χ4n) is 7.86. The van der Waals surface area contributed by atoms with E-state index in [0.717, 1.165) is 32.7 Å². The Balaban J connectivity index is 1.51. The van der Waals surface area contributed by atoms with Crippen molar-refractivity contribution < 1.29 is 18.9 Å². The third-order valence-corrected chi connectivity index (χ3v) is 9.45.